The summed E-state index contributed by atoms with van der Waals surface area (Å²) < 4.78 is 63.3. The molecule has 212 valence electrons. The van der Waals surface area contributed by atoms with Gasteiger partial charge in [0, 0.05) is 12.1 Å². The Bertz CT molecular complexity index is 1230. The second kappa shape index (κ2) is 13.3. The van der Waals surface area contributed by atoms with E-state index in [1.54, 1.807) is 12.1 Å². The molecule has 1 fully saturated rings. The summed E-state index contributed by atoms with van der Waals surface area (Å²) in [5, 5.41) is 21.1. The number of amides is 1. The molecule has 4 N–H and O–H groups in total. The fraction of sp³-hybridized carbons (Fsp3) is 0.542. The lowest BCUT2D eigenvalue weighted by molar-refractivity contribution is -0.141. The van der Waals surface area contributed by atoms with Crippen molar-refractivity contribution in [2.75, 3.05) is 11.9 Å². The Kier molecular flexibility index (Phi) is 11.0. The van der Waals surface area contributed by atoms with E-state index in [1.165, 1.54) is 18.2 Å². The van der Waals surface area contributed by atoms with Crippen molar-refractivity contribution in [2.45, 2.75) is 75.7 Å². The van der Waals surface area contributed by atoms with Crippen molar-refractivity contribution in [3.8, 4) is 0 Å². The number of aromatic nitrogens is 2. The van der Waals surface area contributed by atoms with Gasteiger partial charge in [-0.15, -0.1) is 0 Å². The van der Waals surface area contributed by atoms with E-state index < -0.39 is 46.8 Å². The smallest absolute Gasteiger partial charge is 0.351 e. The maximum absolute atomic E-state index is 14.1. The van der Waals surface area contributed by atoms with Crippen molar-refractivity contribution >= 4 is 21.8 Å². The Labute approximate surface area is 219 Å². The van der Waals surface area contributed by atoms with E-state index in [-0.39, 0.29) is 22.5 Å². The van der Waals surface area contributed by atoms with Gasteiger partial charge in [-0.05, 0) is 38.0 Å². The second-order valence-electron chi connectivity index (χ2n) is 8.88. The van der Waals surface area contributed by atoms with Crippen molar-refractivity contribution in [3.05, 3.63) is 52.6 Å². The number of ether oxygens (including phenoxy) is 1. The van der Waals surface area contributed by atoms with Crippen molar-refractivity contribution in [2.24, 2.45) is 5.92 Å². The van der Waals surface area contributed by atoms with Crippen LogP contribution in [0.3, 0.4) is 0 Å². The van der Waals surface area contributed by atoms with Crippen molar-refractivity contribution in [1.29, 1.82) is 0 Å². The topological polar surface area (TPSA) is 168 Å². The molecule has 38 heavy (non-hydrogen) atoms. The van der Waals surface area contributed by atoms with Crippen LogP contribution in [-0.4, -0.2) is 63.4 Å². The largest absolute Gasteiger partial charge is 0.394 e. The molecule has 3 rings (SSSR count). The molecule has 1 aliphatic heterocycles. The molecule has 3 atom stereocenters. The van der Waals surface area contributed by atoms with Gasteiger partial charge in [0.1, 0.15) is 11.9 Å². The van der Waals surface area contributed by atoms with Crippen LogP contribution >= 0.6 is 0 Å². The molecule has 1 amide bonds. The number of alkyl halides is 2. The first kappa shape index (κ1) is 31.4. The number of aliphatic hydroxyl groups is 2. The Morgan fingerprint density at radius 2 is 1.76 bits per heavy atom. The summed E-state index contributed by atoms with van der Waals surface area (Å²) >= 11 is 0. The third-order valence-corrected chi connectivity index (χ3v) is 6.73. The number of anilines is 1. The van der Waals surface area contributed by atoms with Gasteiger partial charge in [0.05, 0.1) is 11.5 Å². The van der Waals surface area contributed by atoms with E-state index in [9.17, 15) is 31.9 Å². The van der Waals surface area contributed by atoms with E-state index >= 15 is 0 Å². The number of carbonyl (C=O) groups is 1. The van der Waals surface area contributed by atoms with Gasteiger partial charge < -0.3 is 20.3 Å². The number of aliphatic hydroxyl groups excluding tert-OH is 2. The zero-order valence-corrected chi connectivity index (χ0v) is 22.1. The van der Waals surface area contributed by atoms with Gasteiger partial charge in [-0.3, -0.25) is 13.9 Å². The Morgan fingerprint density at radius 3 is 2.21 bits per heavy atom. The van der Waals surface area contributed by atoms with E-state index in [2.05, 4.69) is 10.3 Å². The van der Waals surface area contributed by atoms with Crippen LogP contribution in [0.2, 0.25) is 0 Å². The van der Waals surface area contributed by atoms with Gasteiger partial charge in [0.25, 0.3) is 10.1 Å². The van der Waals surface area contributed by atoms with Crippen LogP contribution in [0, 0.1) is 12.8 Å². The minimum Gasteiger partial charge on any atom is -0.394 e. The van der Waals surface area contributed by atoms with Gasteiger partial charge >= 0.3 is 11.6 Å². The number of aryl methyl sites for hydroxylation is 1. The molecule has 0 bridgehead atoms. The number of hydrogen-bond donors (Lipinski definition) is 4. The Balaban J connectivity index is 0.000000384. The van der Waals surface area contributed by atoms with Crippen LogP contribution in [0.5, 0.6) is 0 Å². The molecule has 2 aromatic rings. The predicted octanol–water partition coefficient (Wildman–Crippen LogP) is 2.53. The van der Waals surface area contributed by atoms with Crippen LogP contribution in [0.4, 0.5) is 14.6 Å². The zero-order chi connectivity index (χ0) is 28.7. The minimum absolute atomic E-state index is 0.0426. The predicted molar refractivity (Wildman–Crippen MR) is 133 cm³/mol. The molecule has 1 aromatic heterocycles. The van der Waals surface area contributed by atoms with Gasteiger partial charge in [0.15, 0.2) is 6.10 Å². The lowest BCUT2D eigenvalue weighted by Gasteiger charge is -2.21. The SMILES string of the molecule is CCCC(CCC)C(=O)Nc1ccn([C@@H]2O[C@H](CO)[C@@H](O)C2(F)F)c(=O)n1.Cc1ccc(S(=O)(=O)O)cc1. The lowest BCUT2D eigenvalue weighted by atomic mass is 9.97. The van der Waals surface area contributed by atoms with Gasteiger partial charge in [-0.2, -0.15) is 22.2 Å². The molecule has 0 unspecified atom stereocenters. The molecule has 0 spiro atoms. The number of halogens is 2. The van der Waals surface area contributed by atoms with Crippen molar-refractivity contribution in [3.63, 3.8) is 0 Å². The number of nitrogens with one attached hydrogen (secondary N) is 1. The van der Waals surface area contributed by atoms with E-state index in [1.807, 2.05) is 20.8 Å². The summed E-state index contributed by atoms with van der Waals surface area (Å²) in [7, 11) is -4.02. The van der Waals surface area contributed by atoms with E-state index in [0.717, 1.165) is 24.6 Å². The summed E-state index contributed by atoms with van der Waals surface area (Å²) in [5.74, 6) is -4.32. The van der Waals surface area contributed by atoms with Gasteiger partial charge in [-0.25, -0.2) is 4.79 Å². The number of rotatable bonds is 9. The van der Waals surface area contributed by atoms with Crippen molar-refractivity contribution in [1.82, 2.24) is 9.55 Å². The van der Waals surface area contributed by atoms with Crippen LogP contribution in [0.15, 0.2) is 46.2 Å². The van der Waals surface area contributed by atoms with Crippen LogP contribution in [0.1, 0.15) is 51.3 Å². The third-order valence-electron chi connectivity index (χ3n) is 5.86. The average molecular weight is 562 g/mol. The van der Waals surface area contributed by atoms with Crippen molar-refractivity contribution < 1.29 is 41.5 Å². The highest BCUT2D eigenvalue weighted by atomic mass is 32.2. The summed E-state index contributed by atoms with van der Waals surface area (Å²) in [6.07, 6.45) is -1.79. The average Bonchev–Trinajstić information content (AvgIpc) is 3.07. The van der Waals surface area contributed by atoms with E-state index in [0.29, 0.717) is 17.4 Å². The third kappa shape index (κ3) is 7.86. The molecule has 1 aromatic carbocycles. The second-order valence-corrected chi connectivity index (χ2v) is 10.3. The highest BCUT2D eigenvalue weighted by molar-refractivity contribution is 7.85. The fourth-order valence-corrected chi connectivity index (χ4v) is 4.30. The lowest BCUT2D eigenvalue weighted by Crippen LogP contribution is -2.41. The van der Waals surface area contributed by atoms with Gasteiger partial charge in [0.2, 0.25) is 12.1 Å². The quantitative estimate of drug-likeness (QED) is 0.336. The molecule has 11 nitrogen and oxygen atoms in total. The normalized spacial score (nSPS) is 20.6. The molecule has 1 aliphatic rings. The minimum atomic E-state index is -4.02. The highest BCUT2D eigenvalue weighted by Crippen LogP contribution is 2.42. The molecule has 2 heterocycles. The van der Waals surface area contributed by atoms with Crippen LogP contribution in [0.25, 0.3) is 0 Å². The Hall–Kier alpha value is -2.78. The first-order chi connectivity index (χ1) is 17.8. The molecular formula is C24H33F2N3O8S. The Morgan fingerprint density at radius 1 is 1.18 bits per heavy atom. The molecule has 0 radical (unpaired) electrons. The number of carbonyl (C=O) groups excluding carboxylic acids is 1. The first-order valence-corrected chi connectivity index (χ1v) is 13.5. The first-order valence-electron chi connectivity index (χ1n) is 12.0. The van der Waals surface area contributed by atoms with Gasteiger partial charge in [-0.1, -0.05) is 44.4 Å². The maximum Gasteiger partial charge on any atom is 0.351 e. The monoisotopic (exact) mass is 561 g/mol. The fourth-order valence-electron chi connectivity index (χ4n) is 3.82. The number of benzene rings is 1. The van der Waals surface area contributed by atoms with Crippen LogP contribution < -0.4 is 11.0 Å². The summed E-state index contributed by atoms with van der Waals surface area (Å²) in [5.41, 5.74) is -0.108. The maximum atomic E-state index is 14.1. The molecule has 0 aliphatic carbocycles. The zero-order valence-electron chi connectivity index (χ0n) is 21.3. The molecule has 1 saturated heterocycles. The van der Waals surface area contributed by atoms with E-state index in [4.69, 9.17) is 14.4 Å². The summed E-state index contributed by atoms with van der Waals surface area (Å²) in [6, 6.07) is 7.20. The number of hydrogen-bond acceptors (Lipinski definition) is 8. The molecule has 14 heteroatoms. The molecular weight excluding hydrogens is 528 g/mol. The van der Waals surface area contributed by atoms with Crippen LogP contribution in [-0.2, 0) is 19.6 Å². The standard InChI is InChI=1S/C17H25F2N3O5.C7H8O3S/c1-3-5-10(6-4-2)14(25)20-12-7-8-22(16(26)21-12)15-17(18,19)13(24)11(9-23)27-15;1-6-2-4-7(5-3-6)11(8,9)10/h7-8,10-11,13,15,23-24H,3-6,9H2,1-2H3,(H,20,21,25,26);2-5H,1H3,(H,8,9,10)/t11-,13-,15-;/m1./s1. The number of nitrogens with zero attached hydrogens (tertiary/aromatic N) is 2. The molecule has 0 saturated carbocycles. The summed E-state index contributed by atoms with van der Waals surface area (Å²) in [6.45, 7) is 4.95. The highest BCUT2D eigenvalue weighted by Gasteiger charge is 2.59. The summed E-state index contributed by atoms with van der Waals surface area (Å²) in [4.78, 5) is 28.0.